The molecule has 142 valence electrons. The summed E-state index contributed by atoms with van der Waals surface area (Å²) in [5.74, 6) is -0.0156. The summed E-state index contributed by atoms with van der Waals surface area (Å²) in [4.78, 5) is 13.2. The molecule has 1 atom stereocenters. The van der Waals surface area contributed by atoms with Crippen molar-refractivity contribution in [3.05, 3.63) is 71.2 Å². The molecule has 0 aliphatic carbocycles. The maximum atomic E-state index is 14.6. The maximum absolute atomic E-state index is 14.6. The summed E-state index contributed by atoms with van der Waals surface area (Å²) in [6.07, 6.45) is 0. The molecule has 3 aromatic rings. The van der Waals surface area contributed by atoms with Gasteiger partial charge in [0.05, 0.1) is 18.4 Å². The number of nitrogens with one attached hydrogen (secondary N) is 2. The lowest BCUT2D eigenvalue weighted by Gasteiger charge is -2.28. The zero-order valence-corrected chi connectivity index (χ0v) is 15.2. The van der Waals surface area contributed by atoms with Crippen LogP contribution in [0.4, 0.5) is 16.0 Å². The summed E-state index contributed by atoms with van der Waals surface area (Å²) in [7, 11) is 1.52. The molecule has 1 unspecified atom stereocenters. The van der Waals surface area contributed by atoms with Gasteiger partial charge in [-0.25, -0.2) is 4.39 Å². The van der Waals surface area contributed by atoms with Crippen molar-refractivity contribution in [2.75, 3.05) is 17.7 Å². The summed E-state index contributed by atoms with van der Waals surface area (Å²) in [5, 5.41) is 17.3. The lowest BCUT2D eigenvalue weighted by atomic mass is 9.94. The molecule has 0 saturated heterocycles. The molecule has 9 heteroatoms. The standard InChI is InChI=1S/C19H17FN6O2/c1-11-16(18(27)22-14-9-5-6-10-15(14)28-2)17(12-7-3-4-8-13(12)20)26-19(21-11)23-24-25-26/h3-10,17H,1-2H3,(H,22,27)(H,21,23,25). The highest BCUT2D eigenvalue weighted by Gasteiger charge is 2.35. The van der Waals surface area contributed by atoms with Crippen molar-refractivity contribution in [1.82, 2.24) is 20.2 Å². The third-order valence-electron chi connectivity index (χ3n) is 4.51. The molecule has 1 aromatic heterocycles. The number of hydrogen-bond acceptors (Lipinski definition) is 6. The van der Waals surface area contributed by atoms with Crippen molar-refractivity contribution < 1.29 is 13.9 Å². The Bertz CT molecular complexity index is 1080. The number of ether oxygens (including phenoxy) is 1. The minimum absolute atomic E-state index is 0.294. The Hall–Kier alpha value is -3.75. The number of nitrogens with zero attached hydrogens (tertiary/aromatic N) is 4. The molecule has 28 heavy (non-hydrogen) atoms. The predicted octanol–water partition coefficient (Wildman–Crippen LogP) is 2.75. The van der Waals surface area contributed by atoms with Crippen LogP contribution in [0.25, 0.3) is 0 Å². The average Bonchev–Trinajstić information content (AvgIpc) is 3.16. The van der Waals surface area contributed by atoms with Gasteiger partial charge in [0.15, 0.2) is 0 Å². The molecule has 0 spiro atoms. The minimum Gasteiger partial charge on any atom is -0.495 e. The molecular weight excluding hydrogens is 363 g/mol. The maximum Gasteiger partial charge on any atom is 0.255 e. The third kappa shape index (κ3) is 2.96. The number of methoxy groups -OCH3 is 1. The third-order valence-corrected chi connectivity index (χ3v) is 4.51. The molecule has 2 heterocycles. The Balaban J connectivity index is 1.79. The van der Waals surface area contributed by atoms with E-state index in [1.165, 1.54) is 17.9 Å². The molecule has 0 saturated carbocycles. The van der Waals surface area contributed by atoms with Gasteiger partial charge in [0.25, 0.3) is 5.91 Å². The van der Waals surface area contributed by atoms with E-state index in [9.17, 15) is 9.18 Å². The molecule has 0 bridgehead atoms. The van der Waals surface area contributed by atoms with Crippen LogP contribution in [0.15, 0.2) is 59.8 Å². The zero-order chi connectivity index (χ0) is 19.7. The van der Waals surface area contributed by atoms with Crippen LogP contribution in [0.5, 0.6) is 5.75 Å². The quantitative estimate of drug-likeness (QED) is 0.723. The second-order valence-electron chi connectivity index (χ2n) is 6.19. The van der Waals surface area contributed by atoms with Crippen LogP contribution in [0.2, 0.25) is 0 Å². The first-order valence-electron chi connectivity index (χ1n) is 8.54. The van der Waals surface area contributed by atoms with Gasteiger partial charge in [0.1, 0.15) is 17.6 Å². The second-order valence-corrected chi connectivity index (χ2v) is 6.19. The van der Waals surface area contributed by atoms with Gasteiger partial charge in [0, 0.05) is 11.3 Å². The van der Waals surface area contributed by atoms with Gasteiger partial charge in [-0.15, -0.1) is 0 Å². The highest BCUT2D eigenvalue weighted by Crippen LogP contribution is 2.36. The number of para-hydroxylation sites is 2. The van der Waals surface area contributed by atoms with E-state index in [4.69, 9.17) is 4.74 Å². The topological polar surface area (TPSA) is 94.0 Å². The first-order valence-corrected chi connectivity index (χ1v) is 8.54. The van der Waals surface area contributed by atoms with E-state index < -0.39 is 17.8 Å². The number of hydrogen-bond donors (Lipinski definition) is 2. The van der Waals surface area contributed by atoms with E-state index >= 15 is 0 Å². The summed E-state index contributed by atoms with van der Waals surface area (Å²) >= 11 is 0. The number of amides is 1. The van der Waals surface area contributed by atoms with Gasteiger partial charge in [-0.1, -0.05) is 35.4 Å². The van der Waals surface area contributed by atoms with E-state index in [2.05, 4.69) is 26.2 Å². The van der Waals surface area contributed by atoms with Gasteiger partial charge in [0.2, 0.25) is 5.95 Å². The van der Waals surface area contributed by atoms with E-state index in [1.54, 1.807) is 49.4 Å². The Morgan fingerprint density at radius 1 is 1.21 bits per heavy atom. The van der Waals surface area contributed by atoms with Crippen molar-refractivity contribution in [3.63, 3.8) is 0 Å². The second kappa shape index (κ2) is 7.10. The van der Waals surface area contributed by atoms with E-state index in [0.717, 1.165) is 0 Å². The largest absolute Gasteiger partial charge is 0.495 e. The number of tetrazole rings is 1. The summed E-state index contributed by atoms with van der Waals surface area (Å²) in [6.45, 7) is 1.73. The molecule has 2 N–H and O–H groups in total. The van der Waals surface area contributed by atoms with Crippen molar-refractivity contribution in [3.8, 4) is 5.75 Å². The van der Waals surface area contributed by atoms with Gasteiger partial charge >= 0.3 is 0 Å². The lowest BCUT2D eigenvalue weighted by molar-refractivity contribution is -0.113. The molecule has 1 aliphatic rings. The molecule has 4 rings (SSSR count). The normalized spacial score (nSPS) is 15.6. The Kier molecular flexibility index (Phi) is 4.48. The van der Waals surface area contributed by atoms with Crippen LogP contribution in [0.1, 0.15) is 18.5 Å². The molecule has 0 fully saturated rings. The van der Waals surface area contributed by atoms with Gasteiger partial charge in [-0.2, -0.15) is 4.68 Å². The number of carbonyl (C=O) groups is 1. The first kappa shape index (κ1) is 17.7. The number of allylic oxidation sites excluding steroid dienone is 1. The van der Waals surface area contributed by atoms with Crippen molar-refractivity contribution in [1.29, 1.82) is 0 Å². The number of carbonyl (C=O) groups excluding carboxylic acids is 1. The highest BCUT2D eigenvalue weighted by atomic mass is 19.1. The monoisotopic (exact) mass is 380 g/mol. The summed E-state index contributed by atoms with van der Waals surface area (Å²) in [5.41, 5.74) is 1.63. The number of anilines is 2. The van der Waals surface area contributed by atoms with Crippen molar-refractivity contribution >= 4 is 17.5 Å². The lowest BCUT2D eigenvalue weighted by Crippen LogP contribution is -2.32. The fourth-order valence-corrected chi connectivity index (χ4v) is 3.23. The number of halogens is 1. The predicted molar refractivity (Wildman–Crippen MR) is 100 cm³/mol. The fraction of sp³-hybridized carbons (Fsp3) is 0.158. The Morgan fingerprint density at radius 2 is 1.96 bits per heavy atom. The van der Waals surface area contributed by atoms with Crippen LogP contribution in [-0.4, -0.2) is 33.2 Å². The Labute approximate surface area is 160 Å². The molecule has 2 aromatic carbocycles. The fourth-order valence-electron chi connectivity index (χ4n) is 3.23. The number of fused-ring (bicyclic) bond motifs is 1. The Morgan fingerprint density at radius 3 is 2.75 bits per heavy atom. The van der Waals surface area contributed by atoms with E-state index in [-0.39, 0.29) is 0 Å². The number of rotatable bonds is 4. The van der Waals surface area contributed by atoms with Crippen LogP contribution in [-0.2, 0) is 4.79 Å². The summed E-state index contributed by atoms with van der Waals surface area (Å²) in [6, 6.07) is 12.5. The molecule has 0 radical (unpaired) electrons. The van der Waals surface area contributed by atoms with Crippen molar-refractivity contribution in [2.24, 2.45) is 0 Å². The first-order chi connectivity index (χ1) is 13.6. The van der Waals surface area contributed by atoms with Crippen LogP contribution in [0, 0.1) is 5.82 Å². The highest BCUT2D eigenvalue weighted by molar-refractivity contribution is 6.06. The smallest absolute Gasteiger partial charge is 0.255 e. The average molecular weight is 380 g/mol. The summed E-state index contributed by atoms with van der Waals surface area (Å²) < 4.78 is 21.3. The van der Waals surface area contributed by atoms with E-state index in [1.807, 2.05) is 0 Å². The molecule has 1 aliphatic heterocycles. The molecule has 1 amide bonds. The van der Waals surface area contributed by atoms with E-state index in [0.29, 0.717) is 34.2 Å². The SMILES string of the molecule is COc1ccccc1NC(=O)C1=C(C)Nc2nnnn2C1c1ccccc1F. The minimum atomic E-state index is -0.817. The molecular formula is C19H17FN6O2. The number of benzene rings is 2. The van der Waals surface area contributed by atoms with Crippen LogP contribution >= 0.6 is 0 Å². The zero-order valence-electron chi connectivity index (χ0n) is 15.2. The number of aromatic nitrogens is 4. The van der Waals surface area contributed by atoms with Gasteiger partial charge < -0.3 is 15.4 Å². The van der Waals surface area contributed by atoms with Crippen LogP contribution < -0.4 is 15.4 Å². The molecule has 8 nitrogen and oxygen atoms in total. The van der Waals surface area contributed by atoms with Gasteiger partial charge in [-0.3, -0.25) is 4.79 Å². The van der Waals surface area contributed by atoms with Crippen LogP contribution in [0.3, 0.4) is 0 Å². The van der Waals surface area contributed by atoms with Crippen molar-refractivity contribution in [2.45, 2.75) is 13.0 Å². The van der Waals surface area contributed by atoms with Gasteiger partial charge in [-0.05, 0) is 35.5 Å².